The molecule has 1 heterocycles. The van der Waals surface area contributed by atoms with E-state index in [-0.39, 0.29) is 11.0 Å². The number of phenolic OH excluding ortho intramolecular Hbond substituents is 1. The van der Waals surface area contributed by atoms with Crippen LogP contribution in [-0.4, -0.2) is 51.4 Å². The minimum atomic E-state index is -1.33. The number of carboxylic acid groups (broad SMARTS) is 2. The normalized spacial score (nSPS) is 22.3. The fraction of sp³-hybridized carbons (Fsp3) is 0.407. The Morgan fingerprint density at radius 2 is 1.80 bits per heavy atom. The number of primary amides is 1. The van der Waals surface area contributed by atoms with Crippen LogP contribution in [0.5, 0.6) is 5.75 Å². The molecular weight excluding hydrogens is 446 g/mol. The molecule has 0 spiro atoms. The summed E-state index contributed by atoms with van der Waals surface area (Å²) in [6, 6.07) is 13.0. The summed E-state index contributed by atoms with van der Waals surface area (Å²) in [5, 5.41) is 25.5. The Bertz CT molecular complexity index is 1080. The number of anilines is 1. The molecule has 190 valence electrons. The van der Waals surface area contributed by atoms with Crippen LogP contribution >= 0.6 is 0 Å². The topological polar surface area (TPSA) is 150 Å². The first-order valence-corrected chi connectivity index (χ1v) is 11.6. The zero-order chi connectivity index (χ0) is 26.3. The molecule has 8 heteroatoms. The highest BCUT2D eigenvalue weighted by atomic mass is 16.4. The zero-order valence-electron chi connectivity index (χ0n) is 20.9. The summed E-state index contributed by atoms with van der Waals surface area (Å²) < 4.78 is 0. The quantitative estimate of drug-likeness (QED) is 0.319. The van der Waals surface area contributed by atoms with Gasteiger partial charge in [-0.05, 0) is 80.0 Å². The monoisotopic (exact) mass is 483 g/mol. The van der Waals surface area contributed by atoms with E-state index in [2.05, 4.69) is 50.5 Å². The first kappa shape index (κ1) is 27.7. The Kier molecular flexibility index (Phi) is 9.31. The van der Waals surface area contributed by atoms with Crippen molar-refractivity contribution in [2.45, 2.75) is 52.0 Å². The van der Waals surface area contributed by atoms with Crippen molar-refractivity contribution in [3.8, 4) is 5.75 Å². The predicted octanol–water partition coefficient (Wildman–Crippen LogP) is 4.47. The van der Waals surface area contributed by atoms with Crippen LogP contribution in [0.25, 0.3) is 0 Å². The van der Waals surface area contributed by atoms with Gasteiger partial charge in [-0.15, -0.1) is 0 Å². The maximum atomic E-state index is 10.3. The third-order valence-electron chi connectivity index (χ3n) is 7.03. The highest BCUT2D eigenvalue weighted by molar-refractivity contribution is 5.93. The van der Waals surface area contributed by atoms with Gasteiger partial charge < -0.3 is 26.8 Å². The van der Waals surface area contributed by atoms with Crippen molar-refractivity contribution >= 4 is 17.7 Å². The van der Waals surface area contributed by atoms with Crippen molar-refractivity contribution in [1.82, 2.24) is 4.90 Å². The smallest absolute Gasteiger partial charge is 0.402 e. The van der Waals surface area contributed by atoms with Gasteiger partial charge in [0, 0.05) is 18.3 Å². The molecule has 3 unspecified atom stereocenters. The largest absolute Gasteiger partial charge is 0.508 e. The number of carboxylic acids is 1. The average Bonchev–Trinajstić information content (AvgIpc) is 2.76. The molecule has 8 nitrogen and oxygen atoms in total. The molecule has 2 aromatic rings. The minimum absolute atomic E-state index is 0.155. The fourth-order valence-electron chi connectivity index (χ4n) is 4.91. The van der Waals surface area contributed by atoms with Gasteiger partial charge in [-0.25, -0.2) is 9.59 Å². The van der Waals surface area contributed by atoms with Gasteiger partial charge in [0.1, 0.15) is 5.75 Å². The Balaban J connectivity index is 0.000000257. The molecule has 1 amide bonds. The van der Waals surface area contributed by atoms with E-state index in [1.54, 1.807) is 18.2 Å². The second kappa shape index (κ2) is 11.8. The molecule has 35 heavy (non-hydrogen) atoms. The average molecular weight is 484 g/mol. The lowest BCUT2D eigenvalue weighted by Gasteiger charge is -2.54. The number of amides is 1. The lowest BCUT2D eigenvalue weighted by atomic mass is 9.59. The summed E-state index contributed by atoms with van der Waals surface area (Å²) in [7, 11) is 0. The van der Waals surface area contributed by atoms with E-state index in [1.165, 1.54) is 29.2 Å². The van der Waals surface area contributed by atoms with Gasteiger partial charge in [0.25, 0.3) is 0 Å². The number of hydrogen-bond donors (Lipinski definition) is 5. The molecule has 0 saturated carbocycles. The number of piperidine rings is 1. The number of aromatic hydroxyl groups is 1. The van der Waals surface area contributed by atoms with Crippen LogP contribution in [0, 0.1) is 5.92 Å². The van der Waals surface area contributed by atoms with Crippen LogP contribution in [0.15, 0.2) is 54.1 Å². The molecule has 1 fully saturated rings. The van der Waals surface area contributed by atoms with Crippen LogP contribution in [0.2, 0.25) is 0 Å². The molecule has 3 atom stereocenters. The summed E-state index contributed by atoms with van der Waals surface area (Å²) in [5.74, 6) is 0.0526. The second-order valence-corrected chi connectivity index (χ2v) is 9.58. The molecule has 7 N–H and O–H groups in total. The number of fused-ring (bicyclic) bond motifs is 4. The molecule has 1 aliphatic carbocycles. The van der Waals surface area contributed by atoms with Crippen LogP contribution in [-0.2, 0) is 11.8 Å². The Morgan fingerprint density at radius 3 is 2.34 bits per heavy atom. The summed E-state index contributed by atoms with van der Waals surface area (Å²) in [6.45, 7) is 11.4. The van der Waals surface area contributed by atoms with E-state index < -0.39 is 12.1 Å². The third kappa shape index (κ3) is 6.99. The number of likely N-dealkylation sites (tertiary alicyclic amines) is 1. The number of benzene rings is 2. The lowest BCUT2D eigenvalue weighted by molar-refractivity contribution is 0.0397. The Labute approximate surface area is 206 Å². The lowest BCUT2D eigenvalue weighted by Crippen LogP contribution is -2.57. The van der Waals surface area contributed by atoms with Crippen molar-refractivity contribution in [3.63, 3.8) is 0 Å². The third-order valence-corrected chi connectivity index (χ3v) is 7.03. The molecule has 4 rings (SSSR count). The highest BCUT2D eigenvalue weighted by Gasteiger charge is 2.48. The molecule has 2 aromatic carbocycles. The maximum absolute atomic E-state index is 10.3. The van der Waals surface area contributed by atoms with E-state index in [0.717, 1.165) is 19.5 Å². The number of nitrogens with zero attached hydrogens (tertiary/aromatic N) is 1. The van der Waals surface area contributed by atoms with Crippen LogP contribution < -0.4 is 11.5 Å². The molecule has 0 radical (unpaired) electrons. The molecule has 1 saturated heterocycles. The van der Waals surface area contributed by atoms with Crippen LogP contribution in [0.3, 0.4) is 0 Å². The van der Waals surface area contributed by atoms with Crippen molar-refractivity contribution in [2.24, 2.45) is 11.7 Å². The fourth-order valence-corrected chi connectivity index (χ4v) is 4.91. The van der Waals surface area contributed by atoms with E-state index in [9.17, 15) is 9.90 Å². The number of nitrogen functional groups attached to an aromatic ring is 1. The minimum Gasteiger partial charge on any atom is -0.508 e. The standard InChI is InChI=1S/C19H27NO.C7H7NO2.CH3NO2/c1-13(2)7-9-20-10-8-19(4)14(3)18(20)11-15-5-6-16(21)12-17(15)19;8-6-4-2-1-3-5(6)7(9)10;2-1(3)4/h5-7,12,14,18,21H,8-11H2,1-4H3;1-4H,8H2,(H,9,10);2H2,(H,3,4). The number of para-hydroxylation sites is 1. The van der Waals surface area contributed by atoms with Gasteiger partial charge in [-0.2, -0.15) is 0 Å². The van der Waals surface area contributed by atoms with E-state index in [0.29, 0.717) is 23.4 Å². The SMILES string of the molecule is CC(C)=CCN1CCC2(C)c3cc(O)ccc3CC1C2C.NC(=O)O.Nc1ccccc1C(=O)O. The van der Waals surface area contributed by atoms with Gasteiger partial charge in [-0.1, -0.05) is 43.7 Å². The van der Waals surface area contributed by atoms with E-state index in [1.807, 2.05) is 12.1 Å². The molecular formula is C27H37N3O5. The first-order chi connectivity index (χ1) is 16.4. The number of phenols is 1. The van der Waals surface area contributed by atoms with Gasteiger partial charge in [0.15, 0.2) is 0 Å². The van der Waals surface area contributed by atoms with E-state index in [4.69, 9.17) is 20.7 Å². The Morgan fingerprint density at radius 1 is 1.17 bits per heavy atom. The van der Waals surface area contributed by atoms with Crippen LogP contribution in [0.4, 0.5) is 10.5 Å². The number of aromatic carboxylic acids is 1. The number of carbonyl (C=O) groups is 2. The number of nitrogens with two attached hydrogens (primary N) is 2. The molecule has 2 aliphatic rings. The maximum Gasteiger partial charge on any atom is 0.402 e. The van der Waals surface area contributed by atoms with Gasteiger partial charge in [-0.3, -0.25) is 4.90 Å². The summed E-state index contributed by atoms with van der Waals surface area (Å²) in [4.78, 5) is 21.8. The van der Waals surface area contributed by atoms with Crippen molar-refractivity contribution in [3.05, 3.63) is 70.8 Å². The van der Waals surface area contributed by atoms with Crippen molar-refractivity contribution in [1.29, 1.82) is 0 Å². The summed E-state index contributed by atoms with van der Waals surface area (Å²) in [5.41, 5.74) is 14.2. The summed E-state index contributed by atoms with van der Waals surface area (Å²) in [6.07, 6.45) is 3.31. The van der Waals surface area contributed by atoms with Gasteiger partial charge in [0.05, 0.1) is 5.56 Å². The summed E-state index contributed by atoms with van der Waals surface area (Å²) >= 11 is 0. The van der Waals surface area contributed by atoms with Crippen molar-refractivity contribution in [2.75, 3.05) is 18.8 Å². The second-order valence-electron chi connectivity index (χ2n) is 9.58. The number of allylic oxidation sites excluding steroid dienone is 1. The zero-order valence-corrected chi connectivity index (χ0v) is 20.9. The van der Waals surface area contributed by atoms with Crippen molar-refractivity contribution < 1.29 is 24.9 Å². The number of hydrogen-bond acceptors (Lipinski definition) is 5. The van der Waals surface area contributed by atoms with Gasteiger partial charge >= 0.3 is 12.1 Å². The number of rotatable bonds is 3. The molecule has 2 bridgehead atoms. The Hall–Kier alpha value is -3.52. The predicted molar refractivity (Wildman–Crippen MR) is 138 cm³/mol. The first-order valence-electron chi connectivity index (χ1n) is 11.6. The molecule has 0 aromatic heterocycles. The molecule has 1 aliphatic heterocycles. The van der Waals surface area contributed by atoms with Gasteiger partial charge in [0.2, 0.25) is 0 Å². The van der Waals surface area contributed by atoms with E-state index >= 15 is 0 Å². The van der Waals surface area contributed by atoms with Crippen LogP contribution in [0.1, 0.15) is 55.6 Å². The highest BCUT2D eigenvalue weighted by Crippen LogP contribution is 2.49.